The molecule has 0 saturated carbocycles. The van der Waals surface area contributed by atoms with Gasteiger partial charge in [0, 0.05) is 24.7 Å². The molecule has 6 nitrogen and oxygen atoms in total. The number of hydrogen-bond acceptors (Lipinski definition) is 4. The van der Waals surface area contributed by atoms with E-state index in [0.29, 0.717) is 5.52 Å². The Kier molecular flexibility index (Phi) is 6.19. The fraction of sp³-hybridized carbons (Fsp3) is 0.364. The zero-order valence-electron chi connectivity index (χ0n) is 16.4. The van der Waals surface area contributed by atoms with Crippen molar-refractivity contribution in [3.8, 4) is 5.69 Å². The zero-order valence-corrected chi connectivity index (χ0v) is 16.4. The Hall–Kier alpha value is -3.02. The van der Waals surface area contributed by atoms with Gasteiger partial charge in [0.1, 0.15) is 5.69 Å². The van der Waals surface area contributed by atoms with Crippen molar-refractivity contribution in [3.63, 3.8) is 0 Å². The van der Waals surface area contributed by atoms with Crippen LogP contribution in [0.15, 0.2) is 41.6 Å². The molecule has 3 aromatic heterocycles. The second-order valence-electron chi connectivity index (χ2n) is 7.04. The van der Waals surface area contributed by atoms with Crippen LogP contribution in [0.5, 0.6) is 0 Å². The quantitative estimate of drug-likeness (QED) is 0.605. The Bertz CT molecular complexity index is 1060. The topological polar surface area (TPSA) is 90.9 Å². The van der Waals surface area contributed by atoms with E-state index in [-0.39, 0.29) is 16.5 Å². The molecule has 0 unspecified atom stereocenters. The summed E-state index contributed by atoms with van der Waals surface area (Å²) < 4.78 is 1.93. The van der Waals surface area contributed by atoms with Crippen molar-refractivity contribution in [3.05, 3.63) is 64.0 Å². The normalized spacial score (nSPS) is 11.1. The van der Waals surface area contributed by atoms with E-state index in [2.05, 4.69) is 16.9 Å². The molecular formula is C22H26N4O2. The number of nitrogens with two attached hydrogens (primary N) is 1. The fourth-order valence-corrected chi connectivity index (χ4v) is 3.64. The number of aryl methyl sites for hydroxylation is 2. The van der Waals surface area contributed by atoms with Crippen molar-refractivity contribution in [1.29, 1.82) is 0 Å². The molecule has 0 bridgehead atoms. The van der Waals surface area contributed by atoms with E-state index in [4.69, 9.17) is 5.73 Å². The first kappa shape index (κ1) is 19.7. The summed E-state index contributed by atoms with van der Waals surface area (Å²) >= 11 is 0. The lowest BCUT2D eigenvalue weighted by molar-refractivity contribution is 0.0997. The van der Waals surface area contributed by atoms with Gasteiger partial charge in [-0.3, -0.25) is 19.6 Å². The Labute approximate surface area is 164 Å². The predicted octanol–water partition coefficient (Wildman–Crippen LogP) is 3.70. The lowest BCUT2D eigenvalue weighted by Gasteiger charge is -2.17. The van der Waals surface area contributed by atoms with Gasteiger partial charge in [-0.2, -0.15) is 0 Å². The second-order valence-corrected chi connectivity index (χ2v) is 7.04. The van der Waals surface area contributed by atoms with Gasteiger partial charge in [0.2, 0.25) is 0 Å². The van der Waals surface area contributed by atoms with Crippen molar-refractivity contribution in [1.82, 2.24) is 14.5 Å². The molecule has 0 atom stereocenters. The van der Waals surface area contributed by atoms with Crippen LogP contribution in [0.25, 0.3) is 16.6 Å². The van der Waals surface area contributed by atoms with Crippen LogP contribution in [0.2, 0.25) is 0 Å². The molecule has 146 valence electrons. The van der Waals surface area contributed by atoms with E-state index < -0.39 is 5.91 Å². The molecule has 0 radical (unpaired) electrons. The van der Waals surface area contributed by atoms with Gasteiger partial charge in [-0.25, -0.2) is 0 Å². The number of pyridine rings is 3. The number of nitrogens with zero attached hydrogens (tertiary/aromatic N) is 3. The van der Waals surface area contributed by atoms with Crippen molar-refractivity contribution in [2.45, 2.75) is 52.4 Å². The highest BCUT2D eigenvalue weighted by Crippen LogP contribution is 2.24. The van der Waals surface area contributed by atoms with Gasteiger partial charge < -0.3 is 10.3 Å². The van der Waals surface area contributed by atoms with E-state index in [0.717, 1.165) is 24.2 Å². The van der Waals surface area contributed by atoms with Gasteiger partial charge in [0.25, 0.3) is 5.91 Å². The van der Waals surface area contributed by atoms with Crippen LogP contribution in [0.1, 0.15) is 60.8 Å². The summed E-state index contributed by atoms with van der Waals surface area (Å²) in [5.74, 6) is -0.709. The van der Waals surface area contributed by atoms with Gasteiger partial charge in [0.15, 0.2) is 5.43 Å². The molecule has 6 heteroatoms. The number of fused-ring (bicyclic) bond motifs is 1. The van der Waals surface area contributed by atoms with Crippen LogP contribution in [0, 0.1) is 6.92 Å². The largest absolute Gasteiger partial charge is 0.364 e. The van der Waals surface area contributed by atoms with Crippen LogP contribution in [0.3, 0.4) is 0 Å². The van der Waals surface area contributed by atoms with Crippen LogP contribution >= 0.6 is 0 Å². The molecule has 3 heterocycles. The summed E-state index contributed by atoms with van der Waals surface area (Å²) in [7, 11) is 0. The lowest BCUT2D eigenvalue weighted by Crippen LogP contribution is -2.19. The average Bonchev–Trinajstić information content (AvgIpc) is 2.68. The summed E-state index contributed by atoms with van der Waals surface area (Å²) in [4.78, 5) is 32.7. The minimum Gasteiger partial charge on any atom is -0.364 e. The highest BCUT2D eigenvalue weighted by atomic mass is 16.1. The number of unbranched alkanes of at least 4 members (excludes halogenated alkanes) is 4. The molecule has 28 heavy (non-hydrogen) atoms. The van der Waals surface area contributed by atoms with Gasteiger partial charge in [-0.1, -0.05) is 32.6 Å². The summed E-state index contributed by atoms with van der Waals surface area (Å²) in [6.45, 7) is 4.16. The lowest BCUT2D eigenvalue weighted by atomic mass is 10.0. The first-order valence-electron chi connectivity index (χ1n) is 9.79. The number of amides is 1. The molecule has 0 aliphatic heterocycles. The van der Waals surface area contributed by atoms with Gasteiger partial charge in [-0.15, -0.1) is 0 Å². The SMILES string of the molecule is CCCCCCCc1ccnc(C)c1-n1ccc(=O)c2c(C(N)=O)nccc21. The number of carbonyl (C=O) groups is 1. The third kappa shape index (κ3) is 3.96. The highest BCUT2D eigenvalue weighted by molar-refractivity contribution is 6.03. The van der Waals surface area contributed by atoms with E-state index in [1.165, 1.54) is 43.5 Å². The number of aromatic nitrogens is 3. The first-order chi connectivity index (χ1) is 13.5. The Morgan fingerprint density at radius 1 is 1.07 bits per heavy atom. The molecule has 3 aromatic rings. The maximum atomic E-state index is 12.5. The van der Waals surface area contributed by atoms with E-state index in [9.17, 15) is 9.59 Å². The van der Waals surface area contributed by atoms with Crippen LogP contribution in [-0.4, -0.2) is 20.4 Å². The smallest absolute Gasteiger partial charge is 0.268 e. The van der Waals surface area contributed by atoms with Crippen LogP contribution in [0.4, 0.5) is 0 Å². The van der Waals surface area contributed by atoms with E-state index in [1.54, 1.807) is 12.3 Å². The predicted molar refractivity (Wildman–Crippen MR) is 111 cm³/mol. The zero-order chi connectivity index (χ0) is 20.1. The number of rotatable bonds is 8. The number of primary amides is 1. The molecule has 0 fully saturated rings. The molecule has 2 N–H and O–H groups in total. The summed E-state index contributed by atoms with van der Waals surface area (Å²) in [5, 5.41) is 0.245. The molecule has 0 aromatic carbocycles. The Morgan fingerprint density at radius 2 is 1.82 bits per heavy atom. The Morgan fingerprint density at radius 3 is 2.57 bits per heavy atom. The molecule has 0 saturated heterocycles. The third-order valence-corrected chi connectivity index (χ3v) is 5.02. The van der Waals surface area contributed by atoms with Crippen molar-refractivity contribution < 1.29 is 4.79 Å². The summed E-state index contributed by atoms with van der Waals surface area (Å²) in [6, 6.07) is 5.22. The highest BCUT2D eigenvalue weighted by Gasteiger charge is 2.16. The second kappa shape index (κ2) is 8.78. The maximum Gasteiger partial charge on any atom is 0.268 e. The molecular weight excluding hydrogens is 352 g/mol. The number of carbonyl (C=O) groups excluding carboxylic acids is 1. The van der Waals surface area contributed by atoms with Crippen LogP contribution in [-0.2, 0) is 6.42 Å². The monoisotopic (exact) mass is 378 g/mol. The van der Waals surface area contributed by atoms with Crippen molar-refractivity contribution >= 4 is 16.8 Å². The van der Waals surface area contributed by atoms with E-state index in [1.807, 2.05) is 23.8 Å². The molecule has 1 amide bonds. The standard InChI is InChI=1S/C22H26N4O2/c1-3-4-5-6-7-8-16-9-12-24-15(2)21(16)26-14-11-18(27)19-17(26)10-13-25-20(19)22(23)28/h9-14H,3-8H2,1-2H3,(H2,23,28). The van der Waals surface area contributed by atoms with Crippen molar-refractivity contribution in [2.24, 2.45) is 5.73 Å². The molecule has 0 aliphatic rings. The van der Waals surface area contributed by atoms with Gasteiger partial charge >= 0.3 is 0 Å². The summed E-state index contributed by atoms with van der Waals surface area (Å²) in [6.07, 6.45) is 12.0. The molecule has 0 aliphatic carbocycles. The average molecular weight is 378 g/mol. The molecule has 3 rings (SSSR count). The fourth-order valence-electron chi connectivity index (χ4n) is 3.64. The maximum absolute atomic E-state index is 12.5. The van der Waals surface area contributed by atoms with Gasteiger partial charge in [0.05, 0.1) is 22.3 Å². The van der Waals surface area contributed by atoms with Gasteiger partial charge in [-0.05, 0) is 37.5 Å². The first-order valence-corrected chi connectivity index (χ1v) is 9.79. The van der Waals surface area contributed by atoms with Crippen molar-refractivity contribution in [2.75, 3.05) is 0 Å². The van der Waals surface area contributed by atoms with E-state index >= 15 is 0 Å². The minimum absolute atomic E-state index is 0.000455. The Balaban J connectivity index is 2.10. The number of hydrogen-bond donors (Lipinski definition) is 1. The summed E-state index contributed by atoms with van der Waals surface area (Å²) in [5.41, 5.74) is 8.77. The molecule has 0 spiro atoms. The van der Waals surface area contributed by atoms with Crippen LogP contribution < -0.4 is 11.2 Å². The minimum atomic E-state index is -0.709. The third-order valence-electron chi connectivity index (χ3n) is 5.02.